The fourth-order valence-electron chi connectivity index (χ4n) is 3.95. The minimum Gasteiger partial charge on any atom is -0.494 e. The first kappa shape index (κ1) is 26.4. The van der Waals surface area contributed by atoms with Gasteiger partial charge < -0.3 is 15.8 Å². The second kappa shape index (κ2) is 13.6. The topological polar surface area (TPSA) is 137 Å². The van der Waals surface area contributed by atoms with E-state index in [1.807, 2.05) is 13.1 Å². The SMILES string of the molecule is CC(C(N)=NCCCc1nc(NCCCOc2cccc(CN3CCCCC3)c2)n(C)n1)[N+](=O)[O-]. The van der Waals surface area contributed by atoms with Crippen LogP contribution < -0.4 is 15.8 Å². The number of piperidine rings is 1. The molecule has 1 aliphatic rings. The van der Waals surface area contributed by atoms with E-state index in [0.29, 0.717) is 37.8 Å². The molecule has 3 rings (SSSR count). The van der Waals surface area contributed by atoms with Gasteiger partial charge in [-0.1, -0.05) is 18.6 Å². The van der Waals surface area contributed by atoms with E-state index >= 15 is 0 Å². The zero-order valence-electron chi connectivity index (χ0n) is 20.9. The highest BCUT2D eigenvalue weighted by atomic mass is 16.6. The average Bonchev–Trinajstić information content (AvgIpc) is 3.21. The molecule has 1 aromatic heterocycles. The smallest absolute Gasteiger partial charge is 0.266 e. The van der Waals surface area contributed by atoms with Gasteiger partial charge in [0.05, 0.1) is 6.61 Å². The van der Waals surface area contributed by atoms with Crippen molar-refractivity contribution in [2.75, 3.05) is 38.1 Å². The lowest BCUT2D eigenvalue weighted by atomic mass is 10.1. The first-order valence-corrected chi connectivity index (χ1v) is 12.4. The molecule has 11 heteroatoms. The van der Waals surface area contributed by atoms with E-state index in [0.717, 1.165) is 25.3 Å². The number of nitrogens with zero attached hydrogens (tertiary/aromatic N) is 6. The number of anilines is 1. The second-order valence-electron chi connectivity index (χ2n) is 8.96. The summed E-state index contributed by atoms with van der Waals surface area (Å²) in [5.41, 5.74) is 6.94. The fraction of sp³-hybridized carbons (Fsp3) is 0.625. The van der Waals surface area contributed by atoms with Crippen molar-refractivity contribution in [1.29, 1.82) is 0 Å². The zero-order valence-corrected chi connectivity index (χ0v) is 20.9. The summed E-state index contributed by atoms with van der Waals surface area (Å²) in [7, 11) is 1.85. The van der Waals surface area contributed by atoms with Crippen LogP contribution in [0, 0.1) is 10.1 Å². The number of hydrogen-bond donors (Lipinski definition) is 2. The molecule has 1 aromatic carbocycles. The molecule has 0 bridgehead atoms. The van der Waals surface area contributed by atoms with Gasteiger partial charge >= 0.3 is 0 Å². The highest BCUT2D eigenvalue weighted by molar-refractivity contribution is 5.84. The molecule has 0 radical (unpaired) electrons. The number of aliphatic imine (C=N–C) groups is 1. The highest BCUT2D eigenvalue weighted by Gasteiger charge is 2.17. The number of ether oxygens (including phenoxy) is 1. The molecular formula is C24H38N8O3. The van der Waals surface area contributed by atoms with Crippen molar-refractivity contribution < 1.29 is 9.66 Å². The van der Waals surface area contributed by atoms with Gasteiger partial charge in [-0.25, -0.2) is 4.68 Å². The zero-order chi connectivity index (χ0) is 25.0. The Hall–Kier alpha value is -3.21. The number of nitrogens with one attached hydrogen (secondary N) is 1. The largest absolute Gasteiger partial charge is 0.494 e. The van der Waals surface area contributed by atoms with Crippen LogP contribution in [-0.4, -0.2) is 69.3 Å². The molecule has 1 atom stereocenters. The number of amidine groups is 1. The van der Waals surface area contributed by atoms with Crippen molar-refractivity contribution in [2.24, 2.45) is 17.8 Å². The highest BCUT2D eigenvalue weighted by Crippen LogP contribution is 2.18. The molecule has 1 saturated heterocycles. The van der Waals surface area contributed by atoms with Crippen LogP contribution in [0.5, 0.6) is 5.75 Å². The molecule has 0 spiro atoms. The fourth-order valence-corrected chi connectivity index (χ4v) is 3.95. The summed E-state index contributed by atoms with van der Waals surface area (Å²) in [5.74, 6) is 2.36. The van der Waals surface area contributed by atoms with E-state index in [1.54, 1.807) is 4.68 Å². The maximum atomic E-state index is 10.7. The molecule has 192 valence electrons. The number of likely N-dealkylation sites (tertiary alicyclic amines) is 1. The lowest BCUT2D eigenvalue weighted by Gasteiger charge is -2.26. The number of rotatable bonds is 14. The van der Waals surface area contributed by atoms with Crippen molar-refractivity contribution in [2.45, 2.75) is 58.0 Å². The minimum absolute atomic E-state index is 0.0438. The molecular weight excluding hydrogens is 448 g/mol. The van der Waals surface area contributed by atoms with Crippen LogP contribution in [-0.2, 0) is 20.0 Å². The van der Waals surface area contributed by atoms with Crippen LogP contribution in [0.15, 0.2) is 29.3 Å². The standard InChI is InChI=1S/C24H38N8O3/c1-19(32(33)34)23(25)26-12-7-11-22-28-24(30(2)29-22)27-13-8-16-35-21-10-6-9-20(17-21)18-31-14-4-3-5-15-31/h6,9-10,17,19H,3-5,7-8,11-16,18H2,1-2H3,(H2,25,26)(H,27,28,29). The molecule has 0 saturated carbocycles. The van der Waals surface area contributed by atoms with E-state index in [-0.39, 0.29) is 5.84 Å². The number of nitrogens with two attached hydrogens (primary N) is 1. The van der Waals surface area contributed by atoms with E-state index in [4.69, 9.17) is 10.5 Å². The van der Waals surface area contributed by atoms with Crippen molar-refractivity contribution in [3.8, 4) is 5.75 Å². The Kier molecular flexibility index (Phi) is 10.3. The van der Waals surface area contributed by atoms with Crippen LogP contribution >= 0.6 is 0 Å². The van der Waals surface area contributed by atoms with Gasteiger partial charge in [0.25, 0.3) is 6.04 Å². The predicted octanol–water partition coefficient (Wildman–Crippen LogP) is 2.64. The van der Waals surface area contributed by atoms with Crippen LogP contribution in [0.4, 0.5) is 5.95 Å². The van der Waals surface area contributed by atoms with Crippen molar-refractivity contribution >= 4 is 11.8 Å². The Morgan fingerprint density at radius 3 is 2.89 bits per heavy atom. The van der Waals surface area contributed by atoms with E-state index in [9.17, 15) is 10.1 Å². The Balaban J connectivity index is 1.34. The molecule has 0 amide bonds. The van der Waals surface area contributed by atoms with Gasteiger partial charge in [-0.2, -0.15) is 10.1 Å². The molecule has 35 heavy (non-hydrogen) atoms. The Bertz CT molecular complexity index is 971. The predicted molar refractivity (Wildman–Crippen MR) is 136 cm³/mol. The number of nitro groups is 1. The van der Waals surface area contributed by atoms with Crippen molar-refractivity contribution in [1.82, 2.24) is 19.7 Å². The summed E-state index contributed by atoms with van der Waals surface area (Å²) in [6, 6.07) is 7.43. The van der Waals surface area contributed by atoms with E-state index < -0.39 is 11.0 Å². The molecule has 0 aliphatic carbocycles. The Morgan fingerprint density at radius 2 is 2.11 bits per heavy atom. The van der Waals surface area contributed by atoms with Gasteiger partial charge in [-0.3, -0.25) is 20.0 Å². The van der Waals surface area contributed by atoms with Gasteiger partial charge in [-0.05, 0) is 56.5 Å². The molecule has 1 unspecified atom stereocenters. The third-order valence-corrected chi connectivity index (χ3v) is 6.03. The maximum absolute atomic E-state index is 10.7. The monoisotopic (exact) mass is 486 g/mol. The van der Waals surface area contributed by atoms with Gasteiger partial charge in [-0.15, -0.1) is 0 Å². The third-order valence-electron chi connectivity index (χ3n) is 6.03. The maximum Gasteiger partial charge on any atom is 0.266 e. The Morgan fingerprint density at radius 1 is 1.31 bits per heavy atom. The normalized spacial score (nSPS) is 15.7. The van der Waals surface area contributed by atoms with E-state index in [2.05, 4.69) is 43.5 Å². The molecule has 11 nitrogen and oxygen atoms in total. The quantitative estimate of drug-likeness (QED) is 0.137. The number of aromatic nitrogens is 3. The van der Waals surface area contributed by atoms with Crippen LogP contribution in [0.2, 0.25) is 0 Å². The summed E-state index contributed by atoms with van der Waals surface area (Å²) in [6.45, 7) is 6.53. The first-order valence-electron chi connectivity index (χ1n) is 12.4. The van der Waals surface area contributed by atoms with Gasteiger partial charge in [0, 0.05) is 44.9 Å². The van der Waals surface area contributed by atoms with Crippen LogP contribution in [0.1, 0.15) is 50.4 Å². The van der Waals surface area contributed by atoms with Crippen molar-refractivity contribution in [3.63, 3.8) is 0 Å². The number of benzene rings is 1. The summed E-state index contributed by atoms with van der Waals surface area (Å²) >= 11 is 0. The summed E-state index contributed by atoms with van der Waals surface area (Å²) in [6.07, 6.45) is 6.06. The Labute approximate surface area is 206 Å². The third kappa shape index (κ3) is 8.82. The second-order valence-corrected chi connectivity index (χ2v) is 8.96. The number of aryl methyl sites for hydroxylation is 2. The molecule has 3 N–H and O–H groups in total. The summed E-state index contributed by atoms with van der Waals surface area (Å²) in [4.78, 5) is 21.4. The lowest BCUT2D eigenvalue weighted by Crippen LogP contribution is -2.33. The molecule has 1 aliphatic heterocycles. The number of hydrogen-bond acceptors (Lipinski definition) is 8. The van der Waals surface area contributed by atoms with Crippen molar-refractivity contribution in [3.05, 3.63) is 45.8 Å². The van der Waals surface area contributed by atoms with Gasteiger partial charge in [0.1, 0.15) is 5.75 Å². The average molecular weight is 487 g/mol. The first-order chi connectivity index (χ1) is 16.9. The van der Waals surface area contributed by atoms with Crippen LogP contribution in [0.25, 0.3) is 0 Å². The summed E-state index contributed by atoms with van der Waals surface area (Å²) in [5, 5.41) is 18.4. The van der Waals surface area contributed by atoms with Gasteiger partial charge in [0.2, 0.25) is 5.95 Å². The molecule has 1 fully saturated rings. The lowest BCUT2D eigenvalue weighted by molar-refractivity contribution is -0.498. The van der Waals surface area contributed by atoms with E-state index in [1.165, 1.54) is 44.8 Å². The summed E-state index contributed by atoms with van der Waals surface area (Å²) < 4.78 is 7.67. The van der Waals surface area contributed by atoms with Crippen LogP contribution in [0.3, 0.4) is 0 Å². The minimum atomic E-state index is -0.966. The van der Waals surface area contributed by atoms with Gasteiger partial charge in [0.15, 0.2) is 11.7 Å². The molecule has 2 aromatic rings. The molecule has 2 heterocycles.